The Morgan fingerprint density at radius 3 is 2.48 bits per heavy atom. The van der Waals surface area contributed by atoms with E-state index in [9.17, 15) is 13.2 Å². The number of aromatic nitrogens is 2. The summed E-state index contributed by atoms with van der Waals surface area (Å²) in [5.74, 6) is -0.625. The Labute approximate surface area is 176 Å². The van der Waals surface area contributed by atoms with Crippen molar-refractivity contribution in [2.75, 3.05) is 0 Å². The van der Waals surface area contributed by atoms with Crippen LogP contribution in [0.4, 0.5) is 13.2 Å². The second kappa shape index (κ2) is 7.62. The largest absolute Gasteiger partial charge is 0.435 e. The number of fused-ring (bicyclic) bond motifs is 1. The van der Waals surface area contributed by atoms with Crippen molar-refractivity contribution in [3.05, 3.63) is 65.7 Å². The van der Waals surface area contributed by atoms with Gasteiger partial charge in [-0.3, -0.25) is 10.3 Å². The maximum absolute atomic E-state index is 14.0. The fourth-order valence-corrected chi connectivity index (χ4v) is 3.49. The van der Waals surface area contributed by atoms with Crippen LogP contribution >= 0.6 is 0 Å². The summed E-state index contributed by atoms with van der Waals surface area (Å²) in [6.45, 7) is 0.997. The molecule has 0 fully saturated rings. The number of ether oxygens (including phenoxy) is 1. The van der Waals surface area contributed by atoms with Gasteiger partial charge in [0, 0.05) is 23.6 Å². The lowest BCUT2D eigenvalue weighted by Crippen LogP contribution is -2.52. The van der Waals surface area contributed by atoms with Gasteiger partial charge in [0.15, 0.2) is 0 Å². The van der Waals surface area contributed by atoms with Crippen LogP contribution in [-0.4, -0.2) is 22.0 Å². The van der Waals surface area contributed by atoms with Crippen molar-refractivity contribution in [1.29, 1.82) is 0 Å². The number of aliphatic imine (C=N–C) groups is 1. The van der Waals surface area contributed by atoms with Gasteiger partial charge in [0.1, 0.15) is 29.0 Å². The maximum atomic E-state index is 14.0. The van der Waals surface area contributed by atoms with E-state index in [-0.39, 0.29) is 17.5 Å². The molecule has 1 unspecified atom stereocenters. The summed E-state index contributed by atoms with van der Waals surface area (Å²) in [5, 5.41) is 3.13. The van der Waals surface area contributed by atoms with Crippen molar-refractivity contribution < 1.29 is 17.9 Å². The SMILES string of the molecule is CC(C)c1nc2ccc(F)cc2n1C1=CC(N)=NC(N)(c2ccc(OC(F)F)cc2)N1. The van der Waals surface area contributed by atoms with Gasteiger partial charge < -0.3 is 15.8 Å². The van der Waals surface area contributed by atoms with Crippen molar-refractivity contribution in [3.8, 4) is 5.75 Å². The highest BCUT2D eigenvalue weighted by atomic mass is 19.3. The first-order chi connectivity index (χ1) is 14.7. The van der Waals surface area contributed by atoms with E-state index in [1.807, 2.05) is 13.8 Å². The van der Waals surface area contributed by atoms with E-state index in [0.717, 1.165) is 0 Å². The van der Waals surface area contributed by atoms with Crippen LogP contribution in [-0.2, 0) is 5.79 Å². The molecule has 2 aromatic carbocycles. The third kappa shape index (κ3) is 3.93. The van der Waals surface area contributed by atoms with Gasteiger partial charge in [0.25, 0.3) is 0 Å². The van der Waals surface area contributed by atoms with E-state index in [2.05, 4.69) is 20.0 Å². The molecule has 2 heterocycles. The number of rotatable bonds is 5. The van der Waals surface area contributed by atoms with Gasteiger partial charge >= 0.3 is 6.61 Å². The van der Waals surface area contributed by atoms with Crippen LogP contribution in [0.3, 0.4) is 0 Å². The first kappa shape index (κ1) is 20.7. The number of hydrogen-bond acceptors (Lipinski definition) is 6. The van der Waals surface area contributed by atoms with Crippen LogP contribution in [0.5, 0.6) is 5.75 Å². The zero-order valence-corrected chi connectivity index (χ0v) is 16.8. The van der Waals surface area contributed by atoms with Crippen LogP contribution in [0.1, 0.15) is 31.2 Å². The minimum absolute atomic E-state index is 0.0101. The monoisotopic (exact) mass is 430 g/mol. The lowest BCUT2D eigenvalue weighted by molar-refractivity contribution is -0.0498. The highest BCUT2D eigenvalue weighted by Gasteiger charge is 2.32. The number of halogens is 3. The fraction of sp³-hybridized carbons (Fsp3) is 0.238. The molecule has 162 valence electrons. The summed E-state index contributed by atoms with van der Waals surface area (Å²) in [4.78, 5) is 8.91. The molecule has 0 amide bonds. The Kier molecular flexibility index (Phi) is 5.10. The number of amidine groups is 1. The highest BCUT2D eigenvalue weighted by molar-refractivity contribution is 5.98. The van der Waals surface area contributed by atoms with Crippen LogP contribution in [0.25, 0.3) is 16.9 Å². The molecule has 1 aliphatic heterocycles. The molecule has 10 heteroatoms. The average Bonchev–Trinajstić information content (AvgIpc) is 3.06. The van der Waals surface area contributed by atoms with Crippen molar-refractivity contribution in [1.82, 2.24) is 14.9 Å². The Morgan fingerprint density at radius 1 is 1.13 bits per heavy atom. The molecule has 5 N–H and O–H groups in total. The van der Waals surface area contributed by atoms with Crippen LogP contribution in [0.2, 0.25) is 0 Å². The van der Waals surface area contributed by atoms with Gasteiger partial charge in [-0.2, -0.15) is 8.78 Å². The third-order valence-electron chi connectivity index (χ3n) is 4.83. The summed E-state index contributed by atoms with van der Waals surface area (Å²) < 4.78 is 45.0. The van der Waals surface area contributed by atoms with E-state index in [1.165, 1.54) is 36.4 Å². The predicted molar refractivity (Wildman–Crippen MR) is 112 cm³/mol. The fourth-order valence-electron chi connectivity index (χ4n) is 3.49. The minimum Gasteiger partial charge on any atom is -0.435 e. The molecular weight excluding hydrogens is 409 g/mol. The number of benzene rings is 2. The van der Waals surface area contributed by atoms with Gasteiger partial charge in [-0.05, 0) is 36.4 Å². The molecule has 0 aliphatic carbocycles. The molecule has 1 aromatic heterocycles. The standard InChI is InChI=1S/C21H21F3N6O/c1-11(2)19-27-15-8-5-13(22)9-16(15)30(19)18-10-17(25)28-21(26,29-18)12-3-6-14(7-4-12)31-20(23)24/h3-11,20,29H,26H2,1-2H3,(H2,25,28). The van der Waals surface area contributed by atoms with Gasteiger partial charge in [-0.15, -0.1) is 0 Å². The molecule has 0 saturated carbocycles. The molecule has 0 bridgehead atoms. The summed E-state index contributed by atoms with van der Waals surface area (Å²) in [7, 11) is 0. The van der Waals surface area contributed by atoms with Crippen LogP contribution in [0, 0.1) is 5.82 Å². The first-order valence-electron chi connectivity index (χ1n) is 9.54. The Hall–Kier alpha value is -3.53. The predicted octanol–water partition coefficient (Wildman–Crippen LogP) is 3.43. The summed E-state index contributed by atoms with van der Waals surface area (Å²) in [6.07, 6.45) is 1.58. The Bertz CT molecular complexity index is 1190. The van der Waals surface area contributed by atoms with Gasteiger partial charge in [0.2, 0.25) is 5.79 Å². The molecule has 3 aromatic rings. The van der Waals surface area contributed by atoms with Crippen molar-refractivity contribution >= 4 is 22.7 Å². The second-order valence-corrected chi connectivity index (χ2v) is 7.45. The number of alkyl halides is 2. The Balaban J connectivity index is 1.78. The molecule has 1 aliphatic rings. The number of nitrogens with zero attached hydrogens (tertiary/aromatic N) is 3. The second-order valence-electron chi connectivity index (χ2n) is 7.45. The lowest BCUT2D eigenvalue weighted by Gasteiger charge is -2.33. The summed E-state index contributed by atoms with van der Waals surface area (Å²) in [5.41, 5.74) is 14.2. The number of nitrogens with one attached hydrogen (secondary N) is 1. The third-order valence-corrected chi connectivity index (χ3v) is 4.83. The van der Waals surface area contributed by atoms with E-state index in [4.69, 9.17) is 11.5 Å². The number of nitrogens with two attached hydrogens (primary N) is 2. The van der Waals surface area contributed by atoms with Crippen molar-refractivity contribution in [2.45, 2.75) is 32.2 Å². The molecule has 4 rings (SSSR count). The van der Waals surface area contributed by atoms with Gasteiger partial charge in [-0.25, -0.2) is 14.4 Å². The van der Waals surface area contributed by atoms with E-state index in [1.54, 1.807) is 16.7 Å². The lowest BCUT2D eigenvalue weighted by atomic mass is 10.1. The first-order valence-corrected chi connectivity index (χ1v) is 9.54. The van der Waals surface area contributed by atoms with E-state index in [0.29, 0.717) is 28.2 Å². The number of imidazole rings is 1. The zero-order valence-electron chi connectivity index (χ0n) is 16.8. The number of hydrogen-bond donors (Lipinski definition) is 3. The maximum Gasteiger partial charge on any atom is 0.387 e. The van der Waals surface area contributed by atoms with E-state index >= 15 is 0 Å². The Morgan fingerprint density at radius 2 is 1.84 bits per heavy atom. The van der Waals surface area contributed by atoms with Crippen molar-refractivity contribution in [3.63, 3.8) is 0 Å². The van der Waals surface area contributed by atoms with Crippen molar-refractivity contribution in [2.24, 2.45) is 16.5 Å². The quantitative estimate of drug-likeness (QED) is 0.576. The topological polar surface area (TPSA) is 103 Å². The smallest absolute Gasteiger partial charge is 0.387 e. The average molecular weight is 430 g/mol. The molecule has 7 nitrogen and oxygen atoms in total. The minimum atomic E-state index is -2.93. The molecule has 0 saturated heterocycles. The van der Waals surface area contributed by atoms with Crippen LogP contribution in [0.15, 0.2) is 53.5 Å². The van der Waals surface area contributed by atoms with Gasteiger partial charge in [0.05, 0.1) is 11.0 Å². The highest BCUT2D eigenvalue weighted by Crippen LogP contribution is 2.30. The molecule has 1 atom stereocenters. The molecule has 0 spiro atoms. The van der Waals surface area contributed by atoms with E-state index < -0.39 is 18.2 Å². The normalized spacial score (nSPS) is 18.8. The molecule has 0 radical (unpaired) electrons. The summed E-state index contributed by atoms with van der Waals surface area (Å²) >= 11 is 0. The summed E-state index contributed by atoms with van der Waals surface area (Å²) in [6, 6.07) is 10.1. The molecular formula is C21H21F3N6O. The van der Waals surface area contributed by atoms with Crippen LogP contribution < -0.4 is 21.5 Å². The van der Waals surface area contributed by atoms with Gasteiger partial charge in [-0.1, -0.05) is 13.8 Å². The zero-order chi connectivity index (χ0) is 22.3. The molecule has 31 heavy (non-hydrogen) atoms.